The summed E-state index contributed by atoms with van der Waals surface area (Å²) in [6.45, 7) is 0. The molecule has 11 rings (SSSR count). The van der Waals surface area contributed by atoms with Gasteiger partial charge in [-0.15, -0.1) is 0 Å². The first-order valence-corrected chi connectivity index (χ1v) is 17.1. The molecule has 0 aliphatic heterocycles. The second-order valence-corrected chi connectivity index (χ2v) is 13.3. The first-order chi connectivity index (χ1) is 24.8. The van der Waals surface area contributed by atoms with Crippen molar-refractivity contribution in [3.8, 4) is 56.2 Å². The fraction of sp³-hybridized carbons (Fsp3) is 0.0213. The van der Waals surface area contributed by atoms with Gasteiger partial charge in [0, 0.05) is 27.5 Å². The lowest BCUT2D eigenvalue weighted by Crippen LogP contribution is -2.25. The molecule has 2 aromatic heterocycles. The van der Waals surface area contributed by atoms with Gasteiger partial charge in [-0.3, -0.25) is 0 Å². The zero-order chi connectivity index (χ0) is 32.8. The zero-order valence-corrected chi connectivity index (χ0v) is 27.0. The lowest BCUT2D eigenvalue weighted by atomic mass is 9.70. The number of aromatic nitrogens is 2. The van der Waals surface area contributed by atoms with Crippen LogP contribution in [0.1, 0.15) is 22.3 Å². The minimum atomic E-state index is -0.434. The largest absolute Gasteiger partial charge is 0.456 e. The van der Waals surface area contributed by atoms with Crippen LogP contribution in [0.3, 0.4) is 0 Å². The third kappa shape index (κ3) is 3.64. The van der Waals surface area contributed by atoms with Gasteiger partial charge in [-0.05, 0) is 68.8 Å². The number of benzene rings is 7. The first kappa shape index (κ1) is 27.4. The van der Waals surface area contributed by atoms with Gasteiger partial charge in [0.2, 0.25) is 0 Å². The smallest absolute Gasteiger partial charge is 0.160 e. The van der Waals surface area contributed by atoms with Crippen LogP contribution < -0.4 is 0 Å². The molecule has 3 heteroatoms. The SMILES string of the molecule is c1ccc(-c2cc(-c3cccc4oc5ccccc5c34)nc(-c3ccc4c(c3)C3(c5ccccc5-c5ccccc53)c3ccccc3-4)n2)cc1. The van der Waals surface area contributed by atoms with Gasteiger partial charge in [-0.25, -0.2) is 9.97 Å². The molecule has 9 aromatic rings. The van der Waals surface area contributed by atoms with E-state index >= 15 is 0 Å². The molecule has 3 nitrogen and oxygen atoms in total. The van der Waals surface area contributed by atoms with Crippen LogP contribution in [0.2, 0.25) is 0 Å². The third-order valence-corrected chi connectivity index (χ3v) is 10.7. The van der Waals surface area contributed by atoms with Crippen molar-refractivity contribution in [2.45, 2.75) is 5.41 Å². The Kier molecular flexibility index (Phi) is 5.59. The lowest BCUT2D eigenvalue weighted by molar-refractivity contribution is 0.669. The molecule has 7 aromatic carbocycles. The van der Waals surface area contributed by atoms with Crippen LogP contribution in [0.25, 0.3) is 78.1 Å². The standard InChI is InChI=1S/C47H28N2O/c1-2-13-29(14-3-1)41-28-42(35-19-12-24-44-45(35)36-18-7-11-23-43(36)50-44)49-46(48-41)30-25-26-34-33-17-6-10-22-39(33)47(40(34)27-30)37-20-8-4-15-31(37)32-16-5-9-21-38(32)47/h1-28H. The van der Waals surface area contributed by atoms with E-state index in [0.29, 0.717) is 5.82 Å². The Balaban J connectivity index is 1.19. The van der Waals surface area contributed by atoms with E-state index in [1.54, 1.807) is 0 Å². The van der Waals surface area contributed by atoms with E-state index in [0.717, 1.165) is 50.0 Å². The first-order valence-electron chi connectivity index (χ1n) is 17.1. The molecule has 0 fully saturated rings. The zero-order valence-electron chi connectivity index (χ0n) is 27.0. The highest BCUT2D eigenvalue weighted by atomic mass is 16.3. The predicted octanol–water partition coefficient (Wildman–Crippen LogP) is 11.7. The second kappa shape index (κ2) is 10.2. The average Bonchev–Trinajstić information content (AvgIpc) is 3.82. The third-order valence-electron chi connectivity index (χ3n) is 10.7. The highest BCUT2D eigenvalue weighted by molar-refractivity contribution is 6.12. The Bertz CT molecular complexity index is 2770. The maximum atomic E-state index is 6.29. The topological polar surface area (TPSA) is 38.9 Å². The molecule has 50 heavy (non-hydrogen) atoms. The molecule has 0 bridgehead atoms. The number of rotatable bonds is 3. The Hall–Kier alpha value is -6.58. The van der Waals surface area contributed by atoms with Crippen LogP contribution >= 0.6 is 0 Å². The van der Waals surface area contributed by atoms with Gasteiger partial charge in [0.25, 0.3) is 0 Å². The molecule has 0 amide bonds. The summed E-state index contributed by atoms with van der Waals surface area (Å²) in [7, 11) is 0. The lowest BCUT2D eigenvalue weighted by Gasteiger charge is -2.30. The molecule has 2 heterocycles. The van der Waals surface area contributed by atoms with Gasteiger partial charge < -0.3 is 4.42 Å². The Morgan fingerprint density at radius 1 is 0.380 bits per heavy atom. The average molecular weight is 637 g/mol. The highest BCUT2D eigenvalue weighted by Crippen LogP contribution is 2.63. The van der Waals surface area contributed by atoms with Crippen LogP contribution in [0.15, 0.2) is 174 Å². The van der Waals surface area contributed by atoms with Crippen molar-refractivity contribution in [1.82, 2.24) is 9.97 Å². The van der Waals surface area contributed by atoms with Gasteiger partial charge in [0.05, 0.1) is 16.8 Å². The molecule has 0 saturated carbocycles. The second-order valence-electron chi connectivity index (χ2n) is 13.3. The Labute approximate surface area is 289 Å². The number of nitrogens with zero attached hydrogens (tertiary/aromatic N) is 2. The van der Waals surface area contributed by atoms with Crippen molar-refractivity contribution >= 4 is 21.9 Å². The van der Waals surface area contributed by atoms with Crippen LogP contribution in [0.5, 0.6) is 0 Å². The van der Waals surface area contributed by atoms with Gasteiger partial charge >= 0.3 is 0 Å². The van der Waals surface area contributed by atoms with E-state index in [4.69, 9.17) is 14.4 Å². The van der Waals surface area contributed by atoms with Crippen LogP contribution in [-0.4, -0.2) is 9.97 Å². The minimum absolute atomic E-state index is 0.434. The van der Waals surface area contributed by atoms with Gasteiger partial charge in [0.1, 0.15) is 11.2 Å². The summed E-state index contributed by atoms with van der Waals surface area (Å²) in [6, 6.07) is 60.5. The molecule has 0 saturated heterocycles. The van der Waals surface area contributed by atoms with Crippen molar-refractivity contribution in [1.29, 1.82) is 0 Å². The molecular formula is C47H28N2O. The molecule has 0 N–H and O–H groups in total. The van der Waals surface area contributed by atoms with E-state index in [-0.39, 0.29) is 0 Å². The normalized spacial score (nSPS) is 13.4. The summed E-state index contributed by atoms with van der Waals surface area (Å²) in [5.41, 5.74) is 16.4. The molecule has 2 aliphatic rings. The molecule has 2 aliphatic carbocycles. The van der Waals surface area contributed by atoms with Crippen molar-refractivity contribution in [2.75, 3.05) is 0 Å². The maximum absolute atomic E-state index is 6.29. The summed E-state index contributed by atoms with van der Waals surface area (Å²) < 4.78 is 6.29. The summed E-state index contributed by atoms with van der Waals surface area (Å²) in [4.78, 5) is 10.6. The monoisotopic (exact) mass is 636 g/mol. The van der Waals surface area contributed by atoms with E-state index in [2.05, 4.69) is 146 Å². The van der Waals surface area contributed by atoms with Gasteiger partial charge in [0.15, 0.2) is 5.82 Å². The van der Waals surface area contributed by atoms with Crippen molar-refractivity contribution in [3.63, 3.8) is 0 Å². The molecule has 0 atom stereocenters. The summed E-state index contributed by atoms with van der Waals surface area (Å²) in [5.74, 6) is 0.694. The highest BCUT2D eigenvalue weighted by Gasteiger charge is 2.51. The van der Waals surface area contributed by atoms with E-state index in [1.807, 2.05) is 24.3 Å². The molecule has 0 unspecified atom stereocenters. The van der Waals surface area contributed by atoms with E-state index in [1.165, 1.54) is 44.5 Å². The molecule has 1 spiro atoms. The summed E-state index contributed by atoms with van der Waals surface area (Å²) >= 11 is 0. The quantitative estimate of drug-likeness (QED) is 0.194. The summed E-state index contributed by atoms with van der Waals surface area (Å²) in [6.07, 6.45) is 0. The Morgan fingerprint density at radius 3 is 1.66 bits per heavy atom. The number of furan rings is 1. The van der Waals surface area contributed by atoms with Crippen molar-refractivity contribution in [2.24, 2.45) is 0 Å². The predicted molar refractivity (Wildman–Crippen MR) is 202 cm³/mol. The fourth-order valence-corrected chi connectivity index (χ4v) is 8.69. The maximum Gasteiger partial charge on any atom is 0.160 e. The van der Waals surface area contributed by atoms with Crippen LogP contribution in [0, 0.1) is 0 Å². The van der Waals surface area contributed by atoms with Gasteiger partial charge in [-0.2, -0.15) is 0 Å². The number of para-hydroxylation sites is 1. The molecular weight excluding hydrogens is 609 g/mol. The van der Waals surface area contributed by atoms with Crippen molar-refractivity contribution in [3.05, 3.63) is 192 Å². The van der Waals surface area contributed by atoms with Crippen LogP contribution in [-0.2, 0) is 5.41 Å². The Morgan fingerprint density at radius 2 is 0.940 bits per heavy atom. The fourth-order valence-electron chi connectivity index (χ4n) is 8.69. The number of hydrogen-bond donors (Lipinski definition) is 0. The number of fused-ring (bicyclic) bond motifs is 13. The molecule has 0 radical (unpaired) electrons. The van der Waals surface area contributed by atoms with E-state index in [9.17, 15) is 0 Å². The van der Waals surface area contributed by atoms with Crippen LogP contribution in [0.4, 0.5) is 0 Å². The van der Waals surface area contributed by atoms with E-state index < -0.39 is 5.41 Å². The van der Waals surface area contributed by atoms with Crippen molar-refractivity contribution < 1.29 is 4.42 Å². The number of hydrogen-bond acceptors (Lipinski definition) is 3. The molecule has 232 valence electrons. The van der Waals surface area contributed by atoms with Gasteiger partial charge in [-0.1, -0.05) is 146 Å². The minimum Gasteiger partial charge on any atom is -0.456 e. The summed E-state index contributed by atoms with van der Waals surface area (Å²) in [5, 5.41) is 2.14.